The highest BCUT2D eigenvalue weighted by atomic mass is 16.5. The lowest BCUT2D eigenvalue weighted by Gasteiger charge is -2.37. The van der Waals surface area contributed by atoms with Crippen molar-refractivity contribution in [1.29, 1.82) is 10.5 Å². The molecule has 0 aliphatic carbocycles. The maximum Gasteiger partial charge on any atom is 0.133 e. The summed E-state index contributed by atoms with van der Waals surface area (Å²) in [5, 5.41) is 18.3. The van der Waals surface area contributed by atoms with Gasteiger partial charge in [-0.15, -0.1) is 0 Å². The Morgan fingerprint density at radius 1 is 1.15 bits per heavy atom. The van der Waals surface area contributed by atoms with Gasteiger partial charge in [0.1, 0.15) is 23.8 Å². The van der Waals surface area contributed by atoms with Gasteiger partial charge in [-0.3, -0.25) is 0 Å². The standard InChI is InChI=1S/C23H23N3O/c1-16-10-20(21(14-24)15-25)13-22(27-16)7-6-17-11-18-4-2-8-26-9-3-5-19(12-17)23(18)26/h6-7,10-12,22H,2-5,8-9,13H2,1H3/b7-6+. The Morgan fingerprint density at radius 2 is 1.81 bits per heavy atom. The highest BCUT2D eigenvalue weighted by molar-refractivity contribution is 5.68. The number of hydrogen-bond donors (Lipinski definition) is 0. The highest BCUT2D eigenvalue weighted by Crippen LogP contribution is 2.36. The van der Waals surface area contributed by atoms with Gasteiger partial charge < -0.3 is 9.64 Å². The average Bonchev–Trinajstić information content (AvgIpc) is 2.67. The van der Waals surface area contributed by atoms with Gasteiger partial charge in [0.15, 0.2) is 0 Å². The summed E-state index contributed by atoms with van der Waals surface area (Å²) in [6, 6.07) is 8.59. The predicted octanol–water partition coefficient (Wildman–Crippen LogP) is 4.44. The molecule has 136 valence electrons. The summed E-state index contributed by atoms with van der Waals surface area (Å²) >= 11 is 0. The first-order chi connectivity index (χ1) is 13.2. The zero-order chi connectivity index (χ0) is 18.8. The van der Waals surface area contributed by atoms with Crippen LogP contribution in [0, 0.1) is 22.7 Å². The Morgan fingerprint density at radius 3 is 2.44 bits per heavy atom. The molecule has 4 nitrogen and oxygen atoms in total. The summed E-state index contributed by atoms with van der Waals surface area (Å²) in [6.07, 6.45) is 11.2. The number of benzene rings is 1. The molecule has 0 saturated carbocycles. The summed E-state index contributed by atoms with van der Waals surface area (Å²) < 4.78 is 5.89. The van der Waals surface area contributed by atoms with Crippen molar-refractivity contribution in [2.24, 2.45) is 0 Å². The summed E-state index contributed by atoms with van der Waals surface area (Å²) in [4.78, 5) is 2.55. The minimum absolute atomic E-state index is 0.148. The maximum absolute atomic E-state index is 9.13. The molecular weight excluding hydrogens is 334 g/mol. The Hall–Kier alpha value is -2.98. The molecule has 3 heterocycles. The van der Waals surface area contributed by atoms with Crippen LogP contribution in [0.5, 0.6) is 0 Å². The van der Waals surface area contributed by atoms with Crippen LogP contribution >= 0.6 is 0 Å². The Balaban J connectivity index is 1.59. The molecule has 27 heavy (non-hydrogen) atoms. The molecule has 1 unspecified atom stereocenters. The molecule has 0 N–H and O–H groups in total. The largest absolute Gasteiger partial charge is 0.491 e. The normalized spacial score (nSPS) is 21.0. The van der Waals surface area contributed by atoms with Crippen molar-refractivity contribution < 1.29 is 4.74 Å². The Labute approximate surface area is 160 Å². The van der Waals surface area contributed by atoms with Crippen molar-refractivity contribution in [3.8, 4) is 12.1 Å². The molecule has 1 aromatic carbocycles. The molecule has 0 bridgehead atoms. The van der Waals surface area contributed by atoms with E-state index >= 15 is 0 Å². The van der Waals surface area contributed by atoms with Gasteiger partial charge in [-0.05, 0) is 79.2 Å². The van der Waals surface area contributed by atoms with Crippen molar-refractivity contribution in [3.05, 3.63) is 57.9 Å². The summed E-state index contributed by atoms with van der Waals surface area (Å²) in [6.45, 7) is 4.24. The van der Waals surface area contributed by atoms with Crippen LogP contribution in [0.3, 0.4) is 0 Å². The van der Waals surface area contributed by atoms with Gasteiger partial charge in [0.2, 0.25) is 0 Å². The van der Waals surface area contributed by atoms with Crippen molar-refractivity contribution in [1.82, 2.24) is 0 Å². The fraction of sp³-hybridized carbons (Fsp3) is 0.391. The molecule has 0 amide bonds. The van der Waals surface area contributed by atoms with Crippen LogP contribution in [0.4, 0.5) is 5.69 Å². The first-order valence-electron chi connectivity index (χ1n) is 9.65. The van der Waals surface area contributed by atoms with Crippen molar-refractivity contribution in [3.63, 3.8) is 0 Å². The number of ether oxygens (including phenoxy) is 1. The van der Waals surface area contributed by atoms with E-state index in [2.05, 4.69) is 29.2 Å². The first-order valence-corrected chi connectivity index (χ1v) is 9.65. The van der Waals surface area contributed by atoms with Gasteiger partial charge in [-0.2, -0.15) is 10.5 Å². The quantitative estimate of drug-likeness (QED) is 0.735. The minimum atomic E-state index is -0.148. The molecule has 0 fully saturated rings. The third kappa shape index (κ3) is 3.49. The SMILES string of the molecule is CC1=CC(=C(C#N)C#N)CC(/C=C/c2cc3c4c(c2)CCCN4CCC3)O1. The molecular formula is C23H23N3O. The fourth-order valence-electron chi connectivity index (χ4n) is 4.43. The van der Waals surface area contributed by atoms with Crippen LogP contribution in [0.25, 0.3) is 6.08 Å². The summed E-state index contributed by atoms with van der Waals surface area (Å²) in [7, 11) is 0. The van der Waals surface area contributed by atoms with E-state index in [0.717, 1.165) is 24.2 Å². The third-order valence-corrected chi connectivity index (χ3v) is 5.54. The number of anilines is 1. The monoisotopic (exact) mass is 357 g/mol. The van der Waals surface area contributed by atoms with E-state index in [-0.39, 0.29) is 11.7 Å². The lowest BCUT2D eigenvalue weighted by Crippen LogP contribution is -2.34. The molecule has 0 saturated heterocycles. The van der Waals surface area contributed by atoms with Gasteiger partial charge in [-0.25, -0.2) is 0 Å². The van der Waals surface area contributed by atoms with E-state index in [4.69, 9.17) is 15.3 Å². The molecule has 3 aliphatic heterocycles. The molecule has 4 rings (SSSR count). The van der Waals surface area contributed by atoms with E-state index in [1.165, 1.54) is 48.3 Å². The van der Waals surface area contributed by atoms with Crippen LogP contribution in [0.2, 0.25) is 0 Å². The van der Waals surface area contributed by atoms with Crippen molar-refractivity contribution >= 4 is 11.8 Å². The molecule has 3 aliphatic rings. The second-order valence-electron chi connectivity index (χ2n) is 7.48. The lowest BCUT2D eigenvalue weighted by atomic mass is 9.90. The number of rotatable bonds is 2. The smallest absolute Gasteiger partial charge is 0.133 e. The molecule has 0 aromatic heterocycles. The average molecular weight is 357 g/mol. The summed E-state index contributed by atoms with van der Waals surface area (Å²) in [5.74, 6) is 0.741. The van der Waals surface area contributed by atoms with Crippen LogP contribution in [-0.2, 0) is 17.6 Å². The topological polar surface area (TPSA) is 60.0 Å². The molecule has 4 heteroatoms. The zero-order valence-electron chi connectivity index (χ0n) is 15.7. The number of allylic oxidation sites excluding steroid dienone is 3. The Kier molecular flexibility index (Phi) is 4.73. The molecule has 1 aromatic rings. The minimum Gasteiger partial charge on any atom is -0.491 e. The predicted molar refractivity (Wildman–Crippen MR) is 106 cm³/mol. The zero-order valence-corrected chi connectivity index (χ0v) is 15.7. The van der Waals surface area contributed by atoms with Gasteiger partial charge in [-0.1, -0.05) is 6.08 Å². The summed E-state index contributed by atoms with van der Waals surface area (Å²) in [5.41, 5.74) is 6.57. The first kappa shape index (κ1) is 17.4. The molecule has 0 spiro atoms. The number of nitriles is 2. The van der Waals surface area contributed by atoms with Crippen molar-refractivity contribution in [2.45, 2.75) is 45.1 Å². The molecule has 0 radical (unpaired) electrons. The highest BCUT2D eigenvalue weighted by Gasteiger charge is 2.24. The van der Waals surface area contributed by atoms with Crippen LogP contribution in [0.15, 0.2) is 41.2 Å². The fourth-order valence-corrected chi connectivity index (χ4v) is 4.43. The van der Waals surface area contributed by atoms with Crippen LogP contribution in [-0.4, -0.2) is 19.2 Å². The van der Waals surface area contributed by atoms with E-state index < -0.39 is 0 Å². The van der Waals surface area contributed by atoms with E-state index in [0.29, 0.717) is 6.42 Å². The van der Waals surface area contributed by atoms with Crippen LogP contribution < -0.4 is 4.90 Å². The van der Waals surface area contributed by atoms with Crippen LogP contribution in [0.1, 0.15) is 42.9 Å². The number of hydrogen-bond acceptors (Lipinski definition) is 4. The van der Waals surface area contributed by atoms with E-state index in [1.807, 2.05) is 19.1 Å². The van der Waals surface area contributed by atoms with Gasteiger partial charge in [0.05, 0.1) is 5.76 Å². The van der Waals surface area contributed by atoms with Gasteiger partial charge in [0, 0.05) is 25.2 Å². The second kappa shape index (κ2) is 7.33. The third-order valence-electron chi connectivity index (χ3n) is 5.54. The van der Waals surface area contributed by atoms with Crippen molar-refractivity contribution in [2.75, 3.05) is 18.0 Å². The lowest BCUT2D eigenvalue weighted by molar-refractivity contribution is 0.148. The van der Waals surface area contributed by atoms with Gasteiger partial charge >= 0.3 is 0 Å². The number of aryl methyl sites for hydroxylation is 2. The molecule has 1 atom stereocenters. The van der Waals surface area contributed by atoms with Gasteiger partial charge in [0.25, 0.3) is 0 Å². The number of nitrogens with zero attached hydrogens (tertiary/aromatic N) is 3. The Bertz CT molecular complexity index is 892. The van der Waals surface area contributed by atoms with E-state index in [9.17, 15) is 0 Å². The second-order valence-corrected chi connectivity index (χ2v) is 7.48. The maximum atomic E-state index is 9.13. The van der Waals surface area contributed by atoms with E-state index in [1.54, 1.807) is 6.08 Å².